The summed E-state index contributed by atoms with van der Waals surface area (Å²) < 4.78 is 13.3. The van der Waals surface area contributed by atoms with Crippen molar-refractivity contribution in [3.05, 3.63) is 82.6 Å². The second-order valence-electron chi connectivity index (χ2n) is 6.44. The molecule has 2 rings (SSSR count). The lowest BCUT2D eigenvalue weighted by molar-refractivity contribution is -0.125. The van der Waals surface area contributed by atoms with Gasteiger partial charge in [0.2, 0.25) is 0 Å². The van der Waals surface area contributed by atoms with Crippen LogP contribution in [0.2, 0.25) is 5.02 Å². The van der Waals surface area contributed by atoms with Gasteiger partial charge in [0.15, 0.2) is 0 Å². The maximum absolute atomic E-state index is 13.3. The Morgan fingerprint density at radius 3 is 2.14 bits per heavy atom. The van der Waals surface area contributed by atoms with Crippen molar-refractivity contribution in [1.29, 1.82) is 0 Å². The first-order chi connectivity index (χ1) is 13.3. The van der Waals surface area contributed by atoms with E-state index < -0.39 is 17.6 Å². The van der Waals surface area contributed by atoms with Gasteiger partial charge in [0.1, 0.15) is 5.82 Å². The van der Waals surface area contributed by atoms with Crippen LogP contribution in [0.25, 0.3) is 11.6 Å². The smallest absolute Gasteiger partial charge is 0.258 e. The van der Waals surface area contributed by atoms with Crippen LogP contribution in [0, 0.1) is 11.7 Å². The van der Waals surface area contributed by atoms with Gasteiger partial charge < -0.3 is 0 Å². The molecule has 0 fully saturated rings. The number of carbonyl (C=O) groups excluding carboxylic acids is 2. The fourth-order valence-corrected chi connectivity index (χ4v) is 2.98. The standard InChI is InChI=1S/C23H23ClFNO2/c1-4-17(5-2)15(3)22(27)26-23(28)21(18-8-12-20(25)13-9-18)14-16-6-10-19(24)11-7-16/h6-14,17H,3-5H2,1-2H3,(H,26,27,28)/b21-14+. The number of halogens is 2. The number of nitrogens with one attached hydrogen (secondary N) is 1. The van der Waals surface area contributed by atoms with E-state index in [4.69, 9.17) is 11.6 Å². The molecule has 0 saturated carbocycles. The third-order valence-electron chi connectivity index (χ3n) is 4.58. The fraction of sp³-hybridized carbons (Fsp3) is 0.217. The minimum atomic E-state index is -0.571. The zero-order valence-electron chi connectivity index (χ0n) is 16.0. The molecule has 0 aliphatic heterocycles. The number of amides is 2. The second kappa shape index (κ2) is 10.00. The van der Waals surface area contributed by atoms with Crippen LogP contribution in [0.3, 0.4) is 0 Å². The first-order valence-corrected chi connectivity index (χ1v) is 9.51. The molecule has 0 unspecified atom stereocenters. The zero-order chi connectivity index (χ0) is 20.7. The van der Waals surface area contributed by atoms with E-state index in [-0.39, 0.29) is 11.5 Å². The van der Waals surface area contributed by atoms with Gasteiger partial charge in [0.25, 0.3) is 11.8 Å². The molecule has 0 bridgehead atoms. The normalized spacial score (nSPS) is 11.4. The van der Waals surface area contributed by atoms with Gasteiger partial charge in [-0.05, 0) is 60.2 Å². The summed E-state index contributed by atoms with van der Waals surface area (Å²) in [5.41, 5.74) is 1.84. The van der Waals surface area contributed by atoms with Crippen molar-refractivity contribution in [2.24, 2.45) is 5.92 Å². The van der Waals surface area contributed by atoms with Gasteiger partial charge in [-0.25, -0.2) is 4.39 Å². The molecule has 5 heteroatoms. The molecule has 28 heavy (non-hydrogen) atoms. The van der Waals surface area contributed by atoms with E-state index in [9.17, 15) is 14.0 Å². The topological polar surface area (TPSA) is 46.2 Å². The van der Waals surface area contributed by atoms with Crippen molar-refractivity contribution in [3.8, 4) is 0 Å². The summed E-state index contributed by atoms with van der Waals surface area (Å²) >= 11 is 5.91. The summed E-state index contributed by atoms with van der Waals surface area (Å²) in [7, 11) is 0. The minimum absolute atomic E-state index is 0.0160. The van der Waals surface area contributed by atoms with Crippen LogP contribution in [-0.2, 0) is 9.59 Å². The number of benzene rings is 2. The predicted octanol–water partition coefficient (Wildman–Crippen LogP) is 5.65. The number of hydrogen-bond acceptors (Lipinski definition) is 2. The molecule has 0 aliphatic rings. The van der Waals surface area contributed by atoms with E-state index in [1.807, 2.05) is 13.8 Å². The van der Waals surface area contributed by atoms with E-state index in [1.54, 1.807) is 30.3 Å². The van der Waals surface area contributed by atoms with Crippen LogP contribution in [0.5, 0.6) is 0 Å². The van der Waals surface area contributed by atoms with Gasteiger partial charge in [-0.3, -0.25) is 14.9 Å². The van der Waals surface area contributed by atoms with Gasteiger partial charge in [0, 0.05) is 16.2 Å². The number of rotatable bonds is 7. The molecule has 0 saturated heterocycles. The summed E-state index contributed by atoms with van der Waals surface area (Å²) in [6.07, 6.45) is 3.16. The molecule has 0 aromatic heterocycles. The Morgan fingerprint density at radius 2 is 1.61 bits per heavy atom. The van der Waals surface area contributed by atoms with E-state index in [1.165, 1.54) is 24.3 Å². The minimum Gasteiger partial charge on any atom is -0.288 e. The highest BCUT2D eigenvalue weighted by atomic mass is 35.5. The van der Waals surface area contributed by atoms with Crippen molar-refractivity contribution < 1.29 is 14.0 Å². The molecule has 1 N–H and O–H groups in total. The summed E-state index contributed by atoms with van der Waals surface area (Å²) in [5.74, 6) is -1.46. The van der Waals surface area contributed by atoms with Crippen LogP contribution < -0.4 is 5.32 Å². The quantitative estimate of drug-likeness (QED) is 0.482. The van der Waals surface area contributed by atoms with Gasteiger partial charge >= 0.3 is 0 Å². The average Bonchev–Trinajstić information content (AvgIpc) is 2.69. The number of imide groups is 1. The first-order valence-electron chi connectivity index (χ1n) is 9.13. The van der Waals surface area contributed by atoms with E-state index in [0.29, 0.717) is 16.2 Å². The fourth-order valence-electron chi connectivity index (χ4n) is 2.85. The van der Waals surface area contributed by atoms with E-state index in [2.05, 4.69) is 11.9 Å². The first kappa shape index (κ1) is 21.6. The van der Waals surface area contributed by atoms with Crippen LogP contribution >= 0.6 is 11.6 Å². The monoisotopic (exact) mass is 399 g/mol. The SMILES string of the molecule is C=C(C(=O)NC(=O)/C(=C/c1ccc(Cl)cc1)c1ccc(F)cc1)C(CC)CC. The Morgan fingerprint density at radius 1 is 1.04 bits per heavy atom. The van der Waals surface area contributed by atoms with Crippen molar-refractivity contribution in [3.63, 3.8) is 0 Å². The van der Waals surface area contributed by atoms with E-state index >= 15 is 0 Å². The Kier molecular flexibility index (Phi) is 7.70. The lowest BCUT2D eigenvalue weighted by Crippen LogP contribution is -2.33. The second-order valence-corrected chi connectivity index (χ2v) is 6.87. The molecule has 0 spiro atoms. The highest BCUT2D eigenvalue weighted by molar-refractivity contribution is 6.31. The lowest BCUT2D eigenvalue weighted by Gasteiger charge is -2.16. The molecule has 0 aliphatic carbocycles. The van der Waals surface area contributed by atoms with Gasteiger partial charge in [0.05, 0.1) is 0 Å². The van der Waals surface area contributed by atoms with Crippen LogP contribution in [0.1, 0.15) is 37.8 Å². The van der Waals surface area contributed by atoms with Crippen LogP contribution in [0.15, 0.2) is 60.7 Å². The highest BCUT2D eigenvalue weighted by Gasteiger charge is 2.20. The molecule has 0 heterocycles. The largest absolute Gasteiger partial charge is 0.288 e. The Balaban J connectivity index is 2.34. The number of carbonyl (C=O) groups is 2. The molecule has 0 atom stereocenters. The van der Waals surface area contributed by atoms with Gasteiger partial charge in [-0.15, -0.1) is 0 Å². The van der Waals surface area contributed by atoms with Crippen LogP contribution in [0.4, 0.5) is 4.39 Å². The maximum atomic E-state index is 13.3. The lowest BCUT2D eigenvalue weighted by atomic mass is 9.94. The molecule has 3 nitrogen and oxygen atoms in total. The summed E-state index contributed by atoms with van der Waals surface area (Å²) in [6.45, 7) is 7.78. The summed E-state index contributed by atoms with van der Waals surface area (Å²) in [5, 5.41) is 2.98. The summed E-state index contributed by atoms with van der Waals surface area (Å²) in [6, 6.07) is 12.4. The van der Waals surface area contributed by atoms with Crippen molar-refractivity contribution >= 4 is 35.1 Å². The highest BCUT2D eigenvalue weighted by Crippen LogP contribution is 2.22. The van der Waals surface area contributed by atoms with Crippen molar-refractivity contribution in [2.75, 3.05) is 0 Å². The molecule has 2 amide bonds. The molecule has 0 radical (unpaired) electrons. The molecule has 2 aromatic carbocycles. The number of hydrogen-bond donors (Lipinski definition) is 1. The van der Waals surface area contributed by atoms with Crippen molar-refractivity contribution in [1.82, 2.24) is 5.32 Å². The molecular formula is C23H23ClFNO2. The van der Waals surface area contributed by atoms with Gasteiger partial charge in [-0.1, -0.05) is 56.3 Å². The third kappa shape index (κ3) is 5.64. The van der Waals surface area contributed by atoms with Gasteiger partial charge in [-0.2, -0.15) is 0 Å². The molecule has 2 aromatic rings. The van der Waals surface area contributed by atoms with Crippen LogP contribution in [-0.4, -0.2) is 11.8 Å². The Labute approximate surface area is 169 Å². The Bertz CT molecular complexity index is 882. The average molecular weight is 400 g/mol. The zero-order valence-corrected chi connectivity index (χ0v) is 16.7. The summed E-state index contributed by atoms with van der Waals surface area (Å²) in [4.78, 5) is 25.3. The maximum Gasteiger partial charge on any atom is 0.258 e. The Hall–Kier alpha value is -2.72. The molecule has 146 valence electrons. The van der Waals surface area contributed by atoms with E-state index in [0.717, 1.165) is 18.4 Å². The predicted molar refractivity (Wildman–Crippen MR) is 112 cm³/mol. The van der Waals surface area contributed by atoms with Crippen molar-refractivity contribution in [2.45, 2.75) is 26.7 Å². The third-order valence-corrected chi connectivity index (χ3v) is 4.83. The molecular weight excluding hydrogens is 377 g/mol.